The topological polar surface area (TPSA) is 50.3 Å². The molecule has 27 heavy (non-hydrogen) atoms. The fourth-order valence-electron chi connectivity index (χ4n) is 3.50. The molecule has 0 bridgehead atoms. The van der Waals surface area contributed by atoms with Gasteiger partial charge in [0.2, 0.25) is 0 Å². The second-order valence-electron chi connectivity index (χ2n) is 7.50. The normalized spacial score (nSPS) is 16.1. The molecule has 1 aliphatic heterocycles. The molecule has 0 saturated heterocycles. The van der Waals surface area contributed by atoms with Crippen molar-refractivity contribution in [3.8, 4) is 0 Å². The van der Waals surface area contributed by atoms with Gasteiger partial charge >= 0.3 is 0 Å². The molecular formula is C20H32N4OS2. The maximum atomic E-state index is 6.02. The van der Waals surface area contributed by atoms with Gasteiger partial charge in [-0.3, -0.25) is 0 Å². The average molecular weight is 409 g/mol. The van der Waals surface area contributed by atoms with E-state index < -0.39 is 0 Å². The van der Waals surface area contributed by atoms with Gasteiger partial charge in [0.15, 0.2) is 5.16 Å². The SMILES string of the molecule is CCSc1nc(NCCCN(CC)CC)c2c3c(sc2n1)COC(C)(C)C3. The van der Waals surface area contributed by atoms with Gasteiger partial charge in [-0.05, 0) is 51.2 Å². The molecule has 7 heteroatoms. The molecule has 150 valence electrons. The number of thioether (sulfide) groups is 1. The van der Waals surface area contributed by atoms with Crippen LogP contribution in [0.4, 0.5) is 5.82 Å². The van der Waals surface area contributed by atoms with E-state index in [4.69, 9.17) is 14.7 Å². The number of ether oxygens (including phenoxy) is 1. The molecule has 3 rings (SSSR count). The molecule has 0 fully saturated rings. The number of rotatable bonds is 9. The van der Waals surface area contributed by atoms with Crippen LogP contribution in [-0.2, 0) is 17.8 Å². The highest BCUT2D eigenvalue weighted by Gasteiger charge is 2.31. The molecule has 0 radical (unpaired) electrons. The van der Waals surface area contributed by atoms with Gasteiger partial charge in [0.05, 0.1) is 17.6 Å². The molecule has 0 spiro atoms. The Kier molecular flexibility index (Phi) is 7.00. The van der Waals surface area contributed by atoms with Gasteiger partial charge in [0.1, 0.15) is 10.6 Å². The molecule has 0 aliphatic carbocycles. The fourth-order valence-corrected chi connectivity index (χ4v) is 5.23. The highest BCUT2D eigenvalue weighted by molar-refractivity contribution is 7.99. The lowest BCUT2D eigenvalue weighted by molar-refractivity contribution is -0.0379. The van der Waals surface area contributed by atoms with Crippen LogP contribution in [-0.4, -0.2) is 52.4 Å². The monoisotopic (exact) mass is 408 g/mol. The van der Waals surface area contributed by atoms with Crippen molar-refractivity contribution in [2.45, 2.75) is 64.8 Å². The van der Waals surface area contributed by atoms with E-state index in [0.29, 0.717) is 6.61 Å². The van der Waals surface area contributed by atoms with Crippen LogP contribution >= 0.6 is 23.1 Å². The highest BCUT2D eigenvalue weighted by atomic mass is 32.2. The minimum absolute atomic E-state index is 0.127. The van der Waals surface area contributed by atoms with Crippen molar-refractivity contribution in [2.75, 3.05) is 37.2 Å². The van der Waals surface area contributed by atoms with E-state index in [9.17, 15) is 0 Å². The lowest BCUT2D eigenvalue weighted by Crippen LogP contribution is -2.31. The Morgan fingerprint density at radius 2 is 2.00 bits per heavy atom. The first kappa shape index (κ1) is 20.8. The minimum atomic E-state index is -0.127. The van der Waals surface area contributed by atoms with E-state index in [0.717, 1.165) is 60.6 Å². The van der Waals surface area contributed by atoms with Gasteiger partial charge in [-0.15, -0.1) is 11.3 Å². The maximum absolute atomic E-state index is 6.02. The van der Waals surface area contributed by atoms with Crippen LogP contribution in [0.15, 0.2) is 5.16 Å². The molecule has 3 heterocycles. The van der Waals surface area contributed by atoms with Crippen LogP contribution in [0.1, 0.15) is 51.5 Å². The molecule has 1 aliphatic rings. The third-order valence-electron chi connectivity index (χ3n) is 5.02. The number of thiophene rings is 1. The number of hydrogen-bond acceptors (Lipinski definition) is 7. The molecule has 1 N–H and O–H groups in total. The quantitative estimate of drug-likeness (QED) is 0.365. The van der Waals surface area contributed by atoms with E-state index in [1.807, 2.05) is 0 Å². The summed E-state index contributed by atoms with van der Waals surface area (Å²) in [6.07, 6.45) is 2.03. The van der Waals surface area contributed by atoms with Crippen LogP contribution in [0, 0.1) is 0 Å². The predicted molar refractivity (Wildman–Crippen MR) is 117 cm³/mol. The molecule has 0 aromatic carbocycles. The zero-order valence-corrected chi connectivity index (χ0v) is 18.9. The summed E-state index contributed by atoms with van der Waals surface area (Å²) in [7, 11) is 0. The van der Waals surface area contributed by atoms with Crippen molar-refractivity contribution >= 4 is 39.1 Å². The van der Waals surface area contributed by atoms with E-state index in [1.54, 1.807) is 23.1 Å². The summed E-state index contributed by atoms with van der Waals surface area (Å²) in [5.74, 6) is 1.99. The Morgan fingerprint density at radius 1 is 1.22 bits per heavy atom. The van der Waals surface area contributed by atoms with Crippen LogP contribution in [0.25, 0.3) is 10.2 Å². The zero-order chi connectivity index (χ0) is 19.4. The van der Waals surface area contributed by atoms with Crippen LogP contribution in [0.2, 0.25) is 0 Å². The molecule has 0 unspecified atom stereocenters. The molecular weight excluding hydrogens is 376 g/mol. The summed E-state index contributed by atoms with van der Waals surface area (Å²) in [5, 5.41) is 5.72. The number of fused-ring (bicyclic) bond motifs is 3. The van der Waals surface area contributed by atoms with Gasteiger partial charge in [-0.25, -0.2) is 9.97 Å². The lowest BCUT2D eigenvalue weighted by atomic mass is 9.94. The van der Waals surface area contributed by atoms with E-state index in [2.05, 4.69) is 44.8 Å². The van der Waals surface area contributed by atoms with Crippen molar-refractivity contribution in [3.63, 3.8) is 0 Å². The Hall–Kier alpha value is -0.890. The summed E-state index contributed by atoms with van der Waals surface area (Å²) in [6, 6.07) is 0. The van der Waals surface area contributed by atoms with Crippen molar-refractivity contribution in [1.29, 1.82) is 0 Å². The third kappa shape index (κ3) is 4.94. The minimum Gasteiger partial charge on any atom is -0.370 e. The van der Waals surface area contributed by atoms with Crippen molar-refractivity contribution < 1.29 is 4.74 Å². The smallest absolute Gasteiger partial charge is 0.190 e. The number of hydrogen-bond donors (Lipinski definition) is 1. The number of anilines is 1. The first-order valence-electron chi connectivity index (χ1n) is 10.0. The molecule has 2 aromatic heterocycles. The summed E-state index contributed by atoms with van der Waals surface area (Å²) >= 11 is 3.47. The van der Waals surface area contributed by atoms with Crippen LogP contribution in [0.3, 0.4) is 0 Å². The first-order chi connectivity index (χ1) is 13.0. The number of nitrogens with one attached hydrogen (secondary N) is 1. The standard InChI is InChI=1S/C20H32N4OS2/c1-6-24(7-2)11-9-10-21-17-16-14-12-20(4,5)25-13-15(14)27-18(16)23-19(22-17)26-8-3/h6-13H2,1-5H3,(H,21,22,23). The Bertz CT molecular complexity index is 771. The van der Waals surface area contributed by atoms with Gasteiger partial charge in [-0.2, -0.15) is 0 Å². The summed E-state index contributed by atoms with van der Waals surface area (Å²) in [6.45, 7) is 15.9. The Labute approximate surface area is 171 Å². The summed E-state index contributed by atoms with van der Waals surface area (Å²) < 4.78 is 6.02. The number of nitrogens with zero attached hydrogens (tertiary/aromatic N) is 3. The molecule has 0 atom stereocenters. The van der Waals surface area contributed by atoms with Crippen LogP contribution < -0.4 is 5.32 Å². The lowest BCUT2D eigenvalue weighted by Gasteiger charge is -2.30. The third-order valence-corrected chi connectivity index (χ3v) is 6.85. The summed E-state index contributed by atoms with van der Waals surface area (Å²) in [4.78, 5) is 14.6. The second kappa shape index (κ2) is 9.07. The van der Waals surface area contributed by atoms with E-state index >= 15 is 0 Å². The summed E-state index contributed by atoms with van der Waals surface area (Å²) in [5.41, 5.74) is 1.25. The van der Waals surface area contributed by atoms with Gasteiger partial charge in [-0.1, -0.05) is 32.5 Å². The Morgan fingerprint density at radius 3 is 2.70 bits per heavy atom. The van der Waals surface area contributed by atoms with Gasteiger partial charge in [0.25, 0.3) is 0 Å². The molecule has 5 nitrogen and oxygen atoms in total. The van der Waals surface area contributed by atoms with Crippen LogP contribution in [0.5, 0.6) is 0 Å². The average Bonchev–Trinajstić information content (AvgIpc) is 2.98. The highest BCUT2D eigenvalue weighted by Crippen LogP contribution is 2.41. The van der Waals surface area contributed by atoms with E-state index in [-0.39, 0.29) is 5.60 Å². The van der Waals surface area contributed by atoms with Crippen molar-refractivity contribution in [3.05, 3.63) is 10.4 Å². The maximum Gasteiger partial charge on any atom is 0.190 e. The predicted octanol–water partition coefficient (Wildman–Crippen LogP) is 4.80. The second-order valence-corrected chi connectivity index (χ2v) is 9.82. The zero-order valence-electron chi connectivity index (χ0n) is 17.2. The van der Waals surface area contributed by atoms with E-state index in [1.165, 1.54) is 15.8 Å². The van der Waals surface area contributed by atoms with Gasteiger partial charge in [0, 0.05) is 17.8 Å². The number of aromatic nitrogens is 2. The Balaban J connectivity index is 1.86. The largest absolute Gasteiger partial charge is 0.370 e. The van der Waals surface area contributed by atoms with Crippen molar-refractivity contribution in [2.24, 2.45) is 0 Å². The molecule has 0 saturated carbocycles. The molecule has 2 aromatic rings. The molecule has 0 amide bonds. The fraction of sp³-hybridized carbons (Fsp3) is 0.700. The van der Waals surface area contributed by atoms with Gasteiger partial charge < -0.3 is 15.0 Å². The first-order valence-corrected chi connectivity index (χ1v) is 11.8. The van der Waals surface area contributed by atoms with Crippen molar-refractivity contribution in [1.82, 2.24) is 14.9 Å².